The molecular weight excluding hydrogens is 258 g/mol. The molecule has 0 radical (unpaired) electrons. The highest BCUT2D eigenvalue weighted by Crippen LogP contribution is 2.21. The van der Waals surface area contributed by atoms with Gasteiger partial charge >= 0.3 is 0 Å². The van der Waals surface area contributed by atoms with E-state index in [1.807, 2.05) is 13.8 Å². The maximum Gasteiger partial charge on any atom is 0.223 e. The van der Waals surface area contributed by atoms with Crippen molar-refractivity contribution in [3.05, 3.63) is 0 Å². The molecule has 0 bridgehead atoms. The molecule has 1 N–H and O–H groups in total. The number of rotatable bonds is 4. The zero-order valence-corrected chi connectivity index (χ0v) is 11.9. The Bertz CT molecular complexity index is 404. The number of amides is 1. The van der Waals surface area contributed by atoms with Crippen LogP contribution in [0.2, 0.25) is 0 Å². The first kappa shape index (κ1) is 15.4. The predicted octanol–water partition coefficient (Wildman–Crippen LogP) is -0.581. The quantitative estimate of drug-likeness (QED) is 0.744. The number of hydrogen-bond acceptors (Lipinski definition) is 5. The van der Waals surface area contributed by atoms with E-state index in [4.69, 9.17) is 9.84 Å². The van der Waals surface area contributed by atoms with Crippen LogP contribution in [0, 0.1) is 0 Å². The van der Waals surface area contributed by atoms with Crippen molar-refractivity contribution < 1.29 is 23.1 Å². The summed E-state index contributed by atoms with van der Waals surface area (Å²) in [5, 5.41) is 9.12. The van der Waals surface area contributed by atoms with E-state index in [0.29, 0.717) is 13.1 Å². The highest BCUT2D eigenvalue weighted by molar-refractivity contribution is 7.90. The monoisotopic (exact) mass is 279 g/mol. The molecule has 1 aliphatic rings. The van der Waals surface area contributed by atoms with Crippen LogP contribution in [0.15, 0.2) is 0 Å². The van der Waals surface area contributed by atoms with Crippen molar-refractivity contribution in [2.24, 2.45) is 0 Å². The van der Waals surface area contributed by atoms with Gasteiger partial charge in [-0.25, -0.2) is 8.42 Å². The Hall–Kier alpha value is -0.660. The molecular formula is C11H21NO5S. The highest BCUT2D eigenvalue weighted by Gasteiger charge is 2.35. The summed E-state index contributed by atoms with van der Waals surface area (Å²) < 4.78 is 27.6. The van der Waals surface area contributed by atoms with Gasteiger partial charge in [0.25, 0.3) is 0 Å². The van der Waals surface area contributed by atoms with Crippen LogP contribution >= 0.6 is 0 Å². The molecule has 6 nitrogen and oxygen atoms in total. The first-order valence-electron chi connectivity index (χ1n) is 5.87. The van der Waals surface area contributed by atoms with Gasteiger partial charge in [-0.15, -0.1) is 0 Å². The van der Waals surface area contributed by atoms with Crippen molar-refractivity contribution in [3.63, 3.8) is 0 Å². The molecule has 1 aliphatic heterocycles. The fourth-order valence-corrected chi connectivity index (χ4v) is 2.56. The zero-order chi connectivity index (χ0) is 14.0. The Kier molecular flexibility index (Phi) is 4.74. The highest BCUT2D eigenvalue weighted by atomic mass is 32.2. The third-order valence-electron chi connectivity index (χ3n) is 2.72. The number of aliphatic hydroxyl groups excluding tert-OH is 1. The zero-order valence-electron chi connectivity index (χ0n) is 11.0. The third kappa shape index (κ3) is 4.91. The van der Waals surface area contributed by atoms with Gasteiger partial charge in [-0.1, -0.05) is 0 Å². The molecule has 0 aromatic carbocycles. The van der Waals surface area contributed by atoms with E-state index in [-0.39, 0.29) is 24.7 Å². The van der Waals surface area contributed by atoms with Crippen molar-refractivity contribution in [3.8, 4) is 0 Å². The second-order valence-electron chi connectivity index (χ2n) is 5.34. The average molecular weight is 279 g/mol. The third-order valence-corrected chi connectivity index (χ3v) is 3.67. The summed E-state index contributed by atoms with van der Waals surface area (Å²) in [4.78, 5) is 13.5. The van der Waals surface area contributed by atoms with Gasteiger partial charge < -0.3 is 14.7 Å². The normalized spacial score (nSPS) is 24.0. The van der Waals surface area contributed by atoms with E-state index in [0.717, 1.165) is 6.26 Å². The lowest BCUT2D eigenvalue weighted by Gasteiger charge is -2.42. The van der Waals surface area contributed by atoms with Crippen LogP contribution in [-0.4, -0.2) is 67.7 Å². The molecule has 1 amide bonds. The molecule has 18 heavy (non-hydrogen) atoms. The van der Waals surface area contributed by atoms with E-state index in [2.05, 4.69) is 0 Å². The number of ether oxygens (including phenoxy) is 1. The van der Waals surface area contributed by atoms with Gasteiger partial charge in [0.2, 0.25) is 5.91 Å². The smallest absolute Gasteiger partial charge is 0.223 e. The van der Waals surface area contributed by atoms with Crippen LogP contribution in [0.4, 0.5) is 0 Å². The molecule has 0 aromatic heterocycles. The van der Waals surface area contributed by atoms with E-state index in [1.54, 1.807) is 4.90 Å². The molecule has 0 saturated carbocycles. The molecule has 7 heteroatoms. The number of carbonyl (C=O) groups excluding carboxylic acids is 1. The Morgan fingerprint density at radius 2 is 2.11 bits per heavy atom. The summed E-state index contributed by atoms with van der Waals surface area (Å²) in [7, 11) is -3.13. The van der Waals surface area contributed by atoms with Crippen LogP contribution in [0.1, 0.15) is 20.3 Å². The summed E-state index contributed by atoms with van der Waals surface area (Å²) in [6.45, 7) is 4.24. The van der Waals surface area contributed by atoms with E-state index in [1.165, 1.54) is 0 Å². The number of morpholine rings is 1. The van der Waals surface area contributed by atoms with Gasteiger partial charge in [-0.3, -0.25) is 4.79 Å². The first-order valence-corrected chi connectivity index (χ1v) is 7.93. The number of nitrogens with zero attached hydrogens (tertiary/aromatic N) is 1. The Morgan fingerprint density at radius 1 is 1.50 bits per heavy atom. The predicted molar refractivity (Wildman–Crippen MR) is 66.9 cm³/mol. The molecule has 0 spiro atoms. The molecule has 1 fully saturated rings. The van der Waals surface area contributed by atoms with Crippen LogP contribution in [0.25, 0.3) is 0 Å². The number of carbonyl (C=O) groups is 1. The maximum absolute atomic E-state index is 11.9. The molecule has 1 saturated heterocycles. The lowest BCUT2D eigenvalue weighted by atomic mass is 10.1. The molecule has 1 rings (SSSR count). The summed E-state index contributed by atoms with van der Waals surface area (Å²) >= 11 is 0. The van der Waals surface area contributed by atoms with Crippen LogP contribution in [0.3, 0.4) is 0 Å². The van der Waals surface area contributed by atoms with Crippen molar-refractivity contribution in [2.45, 2.75) is 32.0 Å². The van der Waals surface area contributed by atoms with Crippen molar-refractivity contribution >= 4 is 15.7 Å². The van der Waals surface area contributed by atoms with Crippen LogP contribution < -0.4 is 0 Å². The number of aliphatic hydroxyl groups is 1. The van der Waals surface area contributed by atoms with Gasteiger partial charge in [-0.05, 0) is 13.8 Å². The fraction of sp³-hybridized carbons (Fsp3) is 0.909. The molecule has 1 unspecified atom stereocenters. The van der Waals surface area contributed by atoms with Crippen molar-refractivity contribution in [2.75, 3.05) is 31.7 Å². The lowest BCUT2D eigenvalue weighted by Crippen LogP contribution is -2.55. The minimum absolute atomic E-state index is 0.0208. The molecule has 1 atom stereocenters. The summed E-state index contributed by atoms with van der Waals surface area (Å²) in [6.07, 6.45) is 0.684. The molecule has 106 valence electrons. The Morgan fingerprint density at radius 3 is 2.61 bits per heavy atom. The number of sulfone groups is 1. The van der Waals surface area contributed by atoms with E-state index >= 15 is 0 Å². The summed E-state index contributed by atoms with van der Waals surface area (Å²) in [6, 6.07) is 0. The summed E-state index contributed by atoms with van der Waals surface area (Å²) in [5.41, 5.74) is -0.521. The van der Waals surface area contributed by atoms with E-state index in [9.17, 15) is 13.2 Å². The molecule has 1 heterocycles. The second kappa shape index (κ2) is 5.54. The SMILES string of the molecule is CC1(C)CN(C(=O)CCS(C)(=O)=O)CC(CO)O1. The van der Waals surface area contributed by atoms with Gasteiger partial charge in [0, 0.05) is 25.8 Å². The second-order valence-corrected chi connectivity index (χ2v) is 7.60. The van der Waals surface area contributed by atoms with Crippen LogP contribution in [-0.2, 0) is 19.4 Å². The molecule has 0 aliphatic carbocycles. The minimum Gasteiger partial charge on any atom is -0.394 e. The van der Waals surface area contributed by atoms with E-state index < -0.39 is 21.5 Å². The number of hydrogen-bond donors (Lipinski definition) is 1. The van der Waals surface area contributed by atoms with Gasteiger partial charge in [0.05, 0.1) is 24.1 Å². The topological polar surface area (TPSA) is 83.9 Å². The van der Waals surface area contributed by atoms with Crippen LogP contribution in [0.5, 0.6) is 0 Å². The van der Waals surface area contributed by atoms with Crippen molar-refractivity contribution in [1.29, 1.82) is 0 Å². The first-order chi connectivity index (χ1) is 8.13. The van der Waals surface area contributed by atoms with Gasteiger partial charge in [0.1, 0.15) is 9.84 Å². The lowest BCUT2D eigenvalue weighted by molar-refractivity contribution is -0.166. The van der Waals surface area contributed by atoms with Gasteiger partial charge in [-0.2, -0.15) is 0 Å². The largest absolute Gasteiger partial charge is 0.394 e. The van der Waals surface area contributed by atoms with Crippen molar-refractivity contribution in [1.82, 2.24) is 4.90 Å². The maximum atomic E-state index is 11.9. The Balaban J connectivity index is 2.62. The minimum atomic E-state index is -3.13. The average Bonchev–Trinajstić information content (AvgIpc) is 2.22. The Labute approximate surface area is 108 Å². The standard InChI is InChI=1S/C11H21NO5S/c1-11(2)8-12(6-9(7-13)17-11)10(14)4-5-18(3,15)16/h9,13H,4-8H2,1-3H3. The molecule has 0 aromatic rings. The fourth-order valence-electron chi connectivity index (χ4n) is 2.01. The summed E-state index contributed by atoms with van der Waals surface area (Å²) in [5.74, 6) is -0.358. The van der Waals surface area contributed by atoms with Gasteiger partial charge in [0.15, 0.2) is 0 Å².